The van der Waals surface area contributed by atoms with E-state index in [-0.39, 0.29) is 0 Å². The van der Waals surface area contributed by atoms with Crippen molar-refractivity contribution in [3.05, 3.63) is 29.3 Å². The Balaban J connectivity index is 2.21. The van der Waals surface area contributed by atoms with Crippen LogP contribution < -0.4 is 5.73 Å². The zero-order valence-electron chi connectivity index (χ0n) is 8.94. The zero-order chi connectivity index (χ0) is 10.7. The van der Waals surface area contributed by atoms with Gasteiger partial charge in [0.15, 0.2) is 0 Å². The fourth-order valence-corrected chi connectivity index (χ4v) is 2.73. The summed E-state index contributed by atoms with van der Waals surface area (Å²) in [4.78, 5) is 4.61. The summed E-state index contributed by atoms with van der Waals surface area (Å²) in [6, 6.07) is 8.29. The van der Waals surface area contributed by atoms with E-state index in [0.29, 0.717) is 5.92 Å². The molecule has 0 saturated heterocycles. The molecule has 0 bridgehead atoms. The maximum absolute atomic E-state index is 5.70. The van der Waals surface area contributed by atoms with Crippen LogP contribution in [0.25, 0.3) is 10.2 Å². The maximum Gasteiger partial charge on any atom is 0.0941 e. The average molecular weight is 220 g/mol. The third kappa shape index (κ3) is 2.36. The molecule has 1 atom stereocenters. The lowest BCUT2D eigenvalue weighted by molar-refractivity contribution is 0.518. The number of nitrogens with two attached hydrogens (primary N) is 1. The van der Waals surface area contributed by atoms with Crippen LogP contribution in [0.15, 0.2) is 24.3 Å². The lowest BCUT2D eigenvalue weighted by atomic mass is 10.0. The minimum absolute atomic E-state index is 0.575. The minimum atomic E-state index is 0.575. The van der Waals surface area contributed by atoms with E-state index >= 15 is 0 Å². The maximum atomic E-state index is 5.70. The van der Waals surface area contributed by atoms with Crippen molar-refractivity contribution in [3.63, 3.8) is 0 Å². The van der Waals surface area contributed by atoms with Crippen molar-refractivity contribution in [2.75, 3.05) is 6.54 Å². The molecule has 1 heterocycles. The molecule has 0 aliphatic heterocycles. The predicted molar refractivity (Wildman–Crippen MR) is 66.2 cm³/mol. The van der Waals surface area contributed by atoms with Crippen molar-refractivity contribution < 1.29 is 0 Å². The molecule has 0 aliphatic carbocycles. The van der Waals surface area contributed by atoms with E-state index in [1.54, 1.807) is 11.3 Å². The summed E-state index contributed by atoms with van der Waals surface area (Å²) in [5.41, 5.74) is 6.82. The van der Waals surface area contributed by atoms with Gasteiger partial charge in [0, 0.05) is 6.42 Å². The van der Waals surface area contributed by atoms with Crippen molar-refractivity contribution in [1.29, 1.82) is 0 Å². The lowest BCUT2D eigenvalue weighted by Crippen LogP contribution is -2.15. The van der Waals surface area contributed by atoms with Gasteiger partial charge >= 0.3 is 0 Å². The predicted octanol–water partition coefficient (Wildman–Crippen LogP) is 2.82. The smallest absolute Gasteiger partial charge is 0.0941 e. The van der Waals surface area contributed by atoms with Gasteiger partial charge in [-0.2, -0.15) is 0 Å². The van der Waals surface area contributed by atoms with Crippen LogP contribution in [0.3, 0.4) is 0 Å². The Morgan fingerprint density at radius 2 is 2.20 bits per heavy atom. The number of aromatic nitrogens is 1. The Morgan fingerprint density at radius 3 is 2.87 bits per heavy atom. The molecule has 0 spiro atoms. The highest BCUT2D eigenvalue weighted by Gasteiger charge is 2.09. The molecule has 1 unspecified atom stereocenters. The quantitative estimate of drug-likeness (QED) is 0.860. The number of thiazole rings is 1. The summed E-state index contributed by atoms with van der Waals surface area (Å²) in [5, 5.41) is 1.22. The van der Waals surface area contributed by atoms with Gasteiger partial charge in [0.25, 0.3) is 0 Å². The molecule has 80 valence electrons. The number of benzene rings is 1. The van der Waals surface area contributed by atoms with Crippen LogP contribution in [0.1, 0.15) is 18.4 Å². The van der Waals surface area contributed by atoms with Crippen molar-refractivity contribution in [3.8, 4) is 0 Å². The summed E-state index contributed by atoms with van der Waals surface area (Å²) >= 11 is 1.79. The van der Waals surface area contributed by atoms with E-state index in [2.05, 4.69) is 30.1 Å². The van der Waals surface area contributed by atoms with Crippen molar-refractivity contribution >= 4 is 21.6 Å². The second-order valence-corrected chi connectivity index (χ2v) is 4.90. The van der Waals surface area contributed by atoms with Crippen molar-refractivity contribution in [1.82, 2.24) is 4.98 Å². The second kappa shape index (κ2) is 4.73. The SMILES string of the molecule is CCC(CN)Cc1nc2ccccc2s1. The van der Waals surface area contributed by atoms with E-state index < -0.39 is 0 Å². The number of hydrogen-bond donors (Lipinski definition) is 1. The van der Waals surface area contributed by atoms with Crippen LogP contribution in [0, 0.1) is 5.92 Å². The first kappa shape index (κ1) is 10.6. The summed E-state index contributed by atoms with van der Waals surface area (Å²) in [5.74, 6) is 0.575. The number of fused-ring (bicyclic) bond motifs is 1. The Bertz CT molecular complexity index is 399. The molecule has 2 N–H and O–H groups in total. The first-order valence-corrected chi connectivity index (χ1v) is 6.19. The molecule has 1 aromatic heterocycles. The second-order valence-electron chi connectivity index (χ2n) is 3.79. The van der Waals surface area contributed by atoms with Gasteiger partial charge in [0.05, 0.1) is 15.2 Å². The monoisotopic (exact) mass is 220 g/mol. The van der Waals surface area contributed by atoms with E-state index in [0.717, 1.165) is 24.9 Å². The van der Waals surface area contributed by atoms with Gasteiger partial charge in [-0.1, -0.05) is 25.5 Å². The molecule has 3 heteroatoms. The van der Waals surface area contributed by atoms with Gasteiger partial charge < -0.3 is 5.73 Å². The summed E-state index contributed by atoms with van der Waals surface area (Å²) in [6.45, 7) is 2.94. The third-order valence-corrected chi connectivity index (χ3v) is 3.77. The standard InChI is InChI=1S/C12H16N2S/c1-2-9(8-13)7-12-14-10-5-3-4-6-11(10)15-12/h3-6,9H,2,7-8,13H2,1H3. The molecule has 0 radical (unpaired) electrons. The van der Waals surface area contributed by atoms with Crippen LogP contribution in [-0.2, 0) is 6.42 Å². The number of nitrogens with zero attached hydrogens (tertiary/aromatic N) is 1. The first-order valence-electron chi connectivity index (χ1n) is 5.38. The Labute approximate surface area is 94.1 Å². The highest BCUT2D eigenvalue weighted by Crippen LogP contribution is 2.23. The highest BCUT2D eigenvalue weighted by atomic mass is 32.1. The normalized spacial score (nSPS) is 13.2. The number of hydrogen-bond acceptors (Lipinski definition) is 3. The van der Waals surface area contributed by atoms with Crippen LogP contribution in [0.2, 0.25) is 0 Å². The fraction of sp³-hybridized carbons (Fsp3) is 0.417. The Kier molecular flexibility index (Phi) is 3.34. The van der Waals surface area contributed by atoms with Crippen molar-refractivity contribution in [2.45, 2.75) is 19.8 Å². The molecule has 1 aromatic carbocycles. The van der Waals surface area contributed by atoms with Crippen LogP contribution in [-0.4, -0.2) is 11.5 Å². The Hall–Kier alpha value is -0.930. The van der Waals surface area contributed by atoms with Crippen LogP contribution in [0.5, 0.6) is 0 Å². The number of rotatable bonds is 4. The first-order chi connectivity index (χ1) is 7.33. The minimum Gasteiger partial charge on any atom is -0.330 e. The van der Waals surface area contributed by atoms with Gasteiger partial charge in [-0.15, -0.1) is 11.3 Å². The molecule has 0 saturated carbocycles. The van der Waals surface area contributed by atoms with Gasteiger partial charge in [-0.05, 0) is 24.6 Å². The van der Waals surface area contributed by atoms with Gasteiger partial charge in [0.1, 0.15) is 0 Å². The molecule has 2 rings (SSSR count). The van der Waals surface area contributed by atoms with Crippen LogP contribution in [0.4, 0.5) is 0 Å². The van der Waals surface area contributed by atoms with E-state index in [4.69, 9.17) is 5.73 Å². The Morgan fingerprint density at radius 1 is 1.40 bits per heavy atom. The molecule has 15 heavy (non-hydrogen) atoms. The van der Waals surface area contributed by atoms with Crippen LogP contribution >= 0.6 is 11.3 Å². The topological polar surface area (TPSA) is 38.9 Å². The molecule has 0 fully saturated rings. The molecule has 0 amide bonds. The van der Waals surface area contributed by atoms with E-state index in [9.17, 15) is 0 Å². The molecule has 2 aromatic rings. The molecule has 0 aliphatic rings. The third-order valence-electron chi connectivity index (χ3n) is 2.71. The van der Waals surface area contributed by atoms with E-state index in [1.165, 1.54) is 9.71 Å². The van der Waals surface area contributed by atoms with Gasteiger partial charge in [0.2, 0.25) is 0 Å². The molecular weight excluding hydrogens is 204 g/mol. The highest BCUT2D eigenvalue weighted by molar-refractivity contribution is 7.18. The summed E-state index contributed by atoms with van der Waals surface area (Å²) in [6.07, 6.45) is 2.15. The molecular formula is C12H16N2S. The molecule has 2 nitrogen and oxygen atoms in total. The van der Waals surface area contributed by atoms with Gasteiger partial charge in [-0.3, -0.25) is 0 Å². The zero-order valence-corrected chi connectivity index (χ0v) is 9.76. The van der Waals surface area contributed by atoms with E-state index in [1.807, 2.05) is 6.07 Å². The fourth-order valence-electron chi connectivity index (χ4n) is 1.65. The van der Waals surface area contributed by atoms with Crippen molar-refractivity contribution in [2.24, 2.45) is 11.7 Å². The summed E-state index contributed by atoms with van der Waals surface area (Å²) < 4.78 is 1.28. The largest absolute Gasteiger partial charge is 0.330 e. The summed E-state index contributed by atoms with van der Waals surface area (Å²) in [7, 11) is 0. The lowest BCUT2D eigenvalue weighted by Gasteiger charge is -2.08. The number of para-hydroxylation sites is 1. The average Bonchev–Trinajstić information content (AvgIpc) is 2.68. The van der Waals surface area contributed by atoms with Gasteiger partial charge in [-0.25, -0.2) is 4.98 Å².